The molecule has 0 atom stereocenters. The highest BCUT2D eigenvalue weighted by Gasteiger charge is 2.29. The van der Waals surface area contributed by atoms with Gasteiger partial charge in [-0.1, -0.05) is 35.5 Å². The minimum absolute atomic E-state index is 0.434. The van der Waals surface area contributed by atoms with E-state index < -0.39 is 0 Å². The quantitative estimate of drug-likeness (QED) is 0.733. The highest BCUT2D eigenvalue weighted by Crippen LogP contribution is 2.38. The Kier molecular flexibility index (Phi) is 3.37. The summed E-state index contributed by atoms with van der Waals surface area (Å²) in [6, 6.07) is 10.3. The lowest BCUT2D eigenvalue weighted by Gasteiger charge is -2.01. The molecule has 18 heavy (non-hydrogen) atoms. The maximum atomic E-state index is 5.55. The topological polar surface area (TPSA) is 48.2 Å². The van der Waals surface area contributed by atoms with Crippen LogP contribution in [0.25, 0.3) is 0 Å². The molecule has 1 saturated carbocycles. The Labute approximate surface area is 106 Å². The molecule has 4 nitrogen and oxygen atoms in total. The monoisotopic (exact) mass is 244 g/mol. The second-order valence-electron chi connectivity index (χ2n) is 4.61. The van der Waals surface area contributed by atoms with Crippen LogP contribution >= 0.6 is 0 Å². The van der Waals surface area contributed by atoms with Crippen molar-refractivity contribution in [1.82, 2.24) is 10.1 Å². The lowest BCUT2D eigenvalue weighted by Crippen LogP contribution is -2.00. The molecule has 1 heterocycles. The summed E-state index contributed by atoms with van der Waals surface area (Å²) in [5.74, 6) is 1.94. The molecule has 0 radical (unpaired) electrons. The Hall–Kier alpha value is -1.68. The van der Waals surface area contributed by atoms with Crippen LogP contribution in [-0.4, -0.2) is 16.7 Å². The number of hydrogen-bond donors (Lipinski definition) is 0. The fourth-order valence-electron chi connectivity index (χ4n) is 1.82. The number of rotatable bonds is 6. The van der Waals surface area contributed by atoms with E-state index in [9.17, 15) is 0 Å². The van der Waals surface area contributed by atoms with Crippen molar-refractivity contribution in [3.05, 3.63) is 47.6 Å². The van der Waals surface area contributed by atoms with Gasteiger partial charge in [-0.2, -0.15) is 4.98 Å². The molecule has 1 aliphatic carbocycles. The minimum atomic E-state index is 0.434. The number of benzene rings is 1. The third-order valence-corrected chi connectivity index (χ3v) is 3.02. The molecule has 1 aromatic heterocycles. The summed E-state index contributed by atoms with van der Waals surface area (Å²) in [5, 5.41) is 3.91. The van der Waals surface area contributed by atoms with Crippen LogP contribution in [-0.2, 0) is 17.8 Å². The van der Waals surface area contributed by atoms with Crippen LogP contribution < -0.4 is 0 Å². The summed E-state index contributed by atoms with van der Waals surface area (Å²) >= 11 is 0. The molecule has 1 fully saturated rings. The maximum Gasteiger partial charge on any atom is 0.229 e. The minimum Gasteiger partial charge on any atom is -0.373 e. The summed E-state index contributed by atoms with van der Waals surface area (Å²) in [7, 11) is 0. The summed E-state index contributed by atoms with van der Waals surface area (Å²) < 4.78 is 10.7. The Bertz CT molecular complexity index is 492. The first-order valence-corrected chi connectivity index (χ1v) is 6.36. The van der Waals surface area contributed by atoms with E-state index in [1.165, 1.54) is 18.4 Å². The lowest BCUT2D eigenvalue weighted by atomic mass is 10.2. The lowest BCUT2D eigenvalue weighted by molar-refractivity contribution is 0.116. The predicted molar refractivity (Wildman–Crippen MR) is 66.1 cm³/mol. The van der Waals surface area contributed by atoms with Gasteiger partial charge >= 0.3 is 0 Å². The molecule has 94 valence electrons. The van der Waals surface area contributed by atoms with E-state index in [-0.39, 0.29) is 0 Å². The molecule has 3 rings (SSSR count). The number of ether oxygens (including phenoxy) is 1. The normalized spacial score (nSPS) is 14.9. The molecule has 0 spiro atoms. The van der Waals surface area contributed by atoms with E-state index in [0.29, 0.717) is 25.0 Å². The van der Waals surface area contributed by atoms with Gasteiger partial charge in [0.05, 0.1) is 6.61 Å². The molecule has 0 N–H and O–H groups in total. The molecular formula is C14H16N2O2. The zero-order valence-electron chi connectivity index (χ0n) is 10.2. The molecule has 1 aromatic carbocycles. The van der Waals surface area contributed by atoms with Crippen LogP contribution in [0.2, 0.25) is 0 Å². The van der Waals surface area contributed by atoms with E-state index in [1.807, 2.05) is 18.2 Å². The first-order chi connectivity index (χ1) is 8.92. The van der Waals surface area contributed by atoms with E-state index >= 15 is 0 Å². The van der Waals surface area contributed by atoms with Crippen LogP contribution in [0.15, 0.2) is 34.9 Å². The Morgan fingerprint density at radius 1 is 1.22 bits per heavy atom. The van der Waals surface area contributed by atoms with Crippen molar-refractivity contribution >= 4 is 0 Å². The van der Waals surface area contributed by atoms with Gasteiger partial charge in [0.25, 0.3) is 0 Å². The number of hydrogen-bond acceptors (Lipinski definition) is 4. The summed E-state index contributed by atoms with van der Waals surface area (Å²) in [6.45, 7) is 1.11. The summed E-state index contributed by atoms with van der Waals surface area (Å²) in [4.78, 5) is 4.31. The average Bonchev–Trinajstić information content (AvgIpc) is 3.16. The maximum absolute atomic E-state index is 5.55. The Morgan fingerprint density at radius 3 is 2.83 bits per heavy atom. The van der Waals surface area contributed by atoms with Crippen LogP contribution in [0.4, 0.5) is 0 Å². The first-order valence-electron chi connectivity index (χ1n) is 6.36. The molecule has 0 bridgehead atoms. The van der Waals surface area contributed by atoms with Gasteiger partial charge in [0, 0.05) is 5.92 Å². The van der Waals surface area contributed by atoms with Gasteiger partial charge in [0.15, 0.2) is 5.82 Å². The zero-order chi connectivity index (χ0) is 12.2. The van der Waals surface area contributed by atoms with Crippen molar-refractivity contribution in [3.63, 3.8) is 0 Å². The molecule has 0 aliphatic heterocycles. The van der Waals surface area contributed by atoms with E-state index in [0.717, 1.165) is 12.3 Å². The summed E-state index contributed by atoms with van der Waals surface area (Å²) in [5.41, 5.74) is 1.28. The van der Waals surface area contributed by atoms with Gasteiger partial charge in [-0.15, -0.1) is 0 Å². The third-order valence-electron chi connectivity index (χ3n) is 3.02. The van der Waals surface area contributed by atoms with Crippen molar-refractivity contribution in [3.8, 4) is 0 Å². The van der Waals surface area contributed by atoms with E-state index in [4.69, 9.17) is 9.26 Å². The van der Waals surface area contributed by atoms with Gasteiger partial charge in [-0.05, 0) is 24.8 Å². The number of aromatic nitrogens is 2. The predicted octanol–water partition coefficient (Wildman–Crippen LogP) is 2.71. The van der Waals surface area contributed by atoms with Gasteiger partial charge in [0.2, 0.25) is 5.89 Å². The second-order valence-corrected chi connectivity index (χ2v) is 4.61. The molecular weight excluding hydrogens is 228 g/mol. The smallest absolute Gasteiger partial charge is 0.229 e. The average molecular weight is 244 g/mol. The third kappa shape index (κ3) is 2.96. The van der Waals surface area contributed by atoms with Crippen LogP contribution in [0, 0.1) is 0 Å². The fraction of sp³-hybridized carbons (Fsp3) is 0.429. The molecule has 1 aliphatic rings. The molecule has 4 heteroatoms. The standard InChI is InChI=1S/C14H16N2O2/c1-2-4-11(5-3-1)8-9-17-10-13-15-14(18-16-13)12-6-7-12/h1-5,12H,6-10H2. The molecule has 0 unspecified atom stereocenters. The highest BCUT2D eigenvalue weighted by molar-refractivity contribution is 5.14. The first kappa shape index (κ1) is 11.4. The number of nitrogens with zero attached hydrogens (tertiary/aromatic N) is 2. The second kappa shape index (κ2) is 5.31. The van der Waals surface area contributed by atoms with Gasteiger partial charge in [-0.25, -0.2) is 0 Å². The van der Waals surface area contributed by atoms with Gasteiger partial charge < -0.3 is 9.26 Å². The SMILES string of the molecule is c1ccc(CCOCc2noc(C3CC3)n2)cc1. The Morgan fingerprint density at radius 2 is 2.06 bits per heavy atom. The van der Waals surface area contributed by atoms with Crippen LogP contribution in [0.5, 0.6) is 0 Å². The van der Waals surface area contributed by atoms with Crippen LogP contribution in [0.1, 0.15) is 36.0 Å². The molecule has 0 amide bonds. The Balaban J connectivity index is 1.41. The van der Waals surface area contributed by atoms with Crippen molar-refractivity contribution in [2.24, 2.45) is 0 Å². The van der Waals surface area contributed by atoms with Crippen molar-refractivity contribution in [2.75, 3.05) is 6.61 Å². The largest absolute Gasteiger partial charge is 0.373 e. The summed E-state index contributed by atoms with van der Waals surface area (Å²) in [6.07, 6.45) is 3.27. The van der Waals surface area contributed by atoms with Crippen LogP contribution in [0.3, 0.4) is 0 Å². The van der Waals surface area contributed by atoms with Gasteiger partial charge in [0.1, 0.15) is 6.61 Å². The molecule has 2 aromatic rings. The highest BCUT2D eigenvalue weighted by atomic mass is 16.5. The zero-order valence-corrected chi connectivity index (χ0v) is 10.2. The van der Waals surface area contributed by atoms with Crippen molar-refractivity contribution in [1.29, 1.82) is 0 Å². The van der Waals surface area contributed by atoms with Crippen molar-refractivity contribution in [2.45, 2.75) is 31.8 Å². The van der Waals surface area contributed by atoms with Crippen molar-refractivity contribution < 1.29 is 9.26 Å². The van der Waals surface area contributed by atoms with E-state index in [1.54, 1.807) is 0 Å². The fourth-order valence-corrected chi connectivity index (χ4v) is 1.82. The molecule has 0 saturated heterocycles. The van der Waals surface area contributed by atoms with E-state index in [2.05, 4.69) is 22.3 Å². The van der Waals surface area contributed by atoms with Gasteiger partial charge in [-0.3, -0.25) is 0 Å².